The molecule has 1 aliphatic rings. The van der Waals surface area contributed by atoms with Crippen LogP contribution in [0.1, 0.15) is 11.7 Å². The molecule has 2 atom stereocenters. The normalized spacial score (nSPS) is 19.4. The molecule has 4 aromatic rings. The van der Waals surface area contributed by atoms with E-state index in [2.05, 4.69) is 10.3 Å². The maximum absolute atomic E-state index is 15.0. The number of pyridine rings is 2. The van der Waals surface area contributed by atoms with Crippen molar-refractivity contribution in [2.24, 2.45) is 0 Å². The first-order valence-corrected chi connectivity index (χ1v) is 9.31. The van der Waals surface area contributed by atoms with E-state index < -0.39 is 29.3 Å². The Hall–Kier alpha value is -3.10. The number of halogens is 2. The highest BCUT2D eigenvalue weighted by Gasteiger charge is 2.28. The Morgan fingerprint density at radius 2 is 1.93 bits per heavy atom. The molecule has 0 bridgehead atoms. The minimum absolute atomic E-state index is 0.0459. The molecule has 5 rings (SSSR count). The van der Waals surface area contributed by atoms with E-state index in [4.69, 9.17) is 0 Å². The molecule has 0 unspecified atom stereocenters. The largest absolute Gasteiger partial charge is 0.390 e. The predicted octanol–water partition coefficient (Wildman–Crippen LogP) is 2.41. The Balaban J connectivity index is 1.67. The van der Waals surface area contributed by atoms with Crippen molar-refractivity contribution in [2.45, 2.75) is 19.1 Å². The second-order valence-corrected chi connectivity index (χ2v) is 7.43. The molecule has 8 heteroatoms. The first-order valence-electron chi connectivity index (χ1n) is 9.31. The van der Waals surface area contributed by atoms with Gasteiger partial charge in [0.25, 0.3) is 5.56 Å². The molecule has 0 saturated carbocycles. The Bertz CT molecular complexity index is 1330. The fourth-order valence-corrected chi connectivity index (χ4v) is 4.04. The smallest absolute Gasteiger partial charge is 0.261 e. The number of fused-ring (bicyclic) bond motifs is 2. The van der Waals surface area contributed by atoms with Crippen LogP contribution in [0.4, 0.5) is 8.78 Å². The molecule has 1 fully saturated rings. The van der Waals surface area contributed by atoms with E-state index in [-0.39, 0.29) is 11.0 Å². The van der Waals surface area contributed by atoms with E-state index in [0.717, 1.165) is 0 Å². The van der Waals surface area contributed by atoms with Gasteiger partial charge in [0.1, 0.15) is 5.82 Å². The molecule has 0 aliphatic carbocycles. The molecule has 0 radical (unpaired) electrons. The summed E-state index contributed by atoms with van der Waals surface area (Å²) in [5, 5.41) is 13.4. The third kappa shape index (κ3) is 2.83. The zero-order chi connectivity index (χ0) is 20.3. The van der Waals surface area contributed by atoms with Crippen LogP contribution < -0.4 is 10.9 Å². The number of benzene rings is 1. The lowest BCUT2D eigenvalue weighted by Crippen LogP contribution is -2.31. The summed E-state index contributed by atoms with van der Waals surface area (Å²) in [6.07, 6.45) is 4.23. The number of rotatable bonds is 2. The van der Waals surface area contributed by atoms with E-state index in [1.807, 2.05) is 0 Å². The van der Waals surface area contributed by atoms with Crippen molar-refractivity contribution in [3.8, 4) is 11.1 Å². The number of β-amino-alcohol motifs (C(OH)–C–C–N with tert-alkyl or cyclic N) is 1. The van der Waals surface area contributed by atoms with Crippen molar-refractivity contribution in [3.63, 3.8) is 0 Å². The van der Waals surface area contributed by atoms with Gasteiger partial charge in [0, 0.05) is 37.2 Å². The highest BCUT2D eigenvalue weighted by Crippen LogP contribution is 2.28. The third-order valence-corrected chi connectivity index (χ3v) is 5.45. The van der Waals surface area contributed by atoms with Crippen LogP contribution in [-0.2, 0) is 0 Å². The maximum Gasteiger partial charge on any atom is 0.261 e. The van der Waals surface area contributed by atoms with Gasteiger partial charge in [0.15, 0.2) is 11.5 Å². The minimum Gasteiger partial charge on any atom is -0.390 e. The van der Waals surface area contributed by atoms with Crippen LogP contribution in [-0.4, -0.2) is 38.3 Å². The van der Waals surface area contributed by atoms with E-state index >= 15 is 0 Å². The Morgan fingerprint density at radius 3 is 2.69 bits per heavy atom. The van der Waals surface area contributed by atoms with Crippen molar-refractivity contribution in [1.82, 2.24) is 19.3 Å². The lowest BCUT2D eigenvalue weighted by atomic mass is 10.0. The van der Waals surface area contributed by atoms with E-state index in [1.165, 1.54) is 16.7 Å². The van der Waals surface area contributed by atoms with Crippen molar-refractivity contribution >= 4 is 16.4 Å². The summed E-state index contributed by atoms with van der Waals surface area (Å²) in [5.41, 5.74) is 1.33. The molecule has 29 heavy (non-hydrogen) atoms. The number of hydrogen-bond donors (Lipinski definition) is 2. The number of aryl methyl sites for hydroxylation is 1. The van der Waals surface area contributed by atoms with Gasteiger partial charge in [-0.1, -0.05) is 0 Å². The fourth-order valence-electron chi connectivity index (χ4n) is 4.04. The van der Waals surface area contributed by atoms with Crippen molar-refractivity contribution in [2.75, 3.05) is 13.1 Å². The summed E-state index contributed by atoms with van der Waals surface area (Å²) in [5.74, 6) is -1.19. The van der Waals surface area contributed by atoms with Gasteiger partial charge in [-0.05, 0) is 42.1 Å². The van der Waals surface area contributed by atoms with Gasteiger partial charge in [-0.25, -0.2) is 13.8 Å². The van der Waals surface area contributed by atoms with Crippen LogP contribution >= 0.6 is 0 Å². The zero-order valence-electron chi connectivity index (χ0n) is 15.6. The molecular weight excluding hydrogens is 378 g/mol. The Kier molecular flexibility index (Phi) is 4.01. The van der Waals surface area contributed by atoms with Gasteiger partial charge in [0.2, 0.25) is 0 Å². The van der Waals surface area contributed by atoms with E-state index in [0.29, 0.717) is 35.3 Å². The topological polar surface area (TPSA) is 71.6 Å². The summed E-state index contributed by atoms with van der Waals surface area (Å²) < 4.78 is 32.3. The first kappa shape index (κ1) is 18.0. The van der Waals surface area contributed by atoms with Crippen LogP contribution in [0.15, 0.2) is 47.7 Å². The van der Waals surface area contributed by atoms with Gasteiger partial charge in [-0.15, -0.1) is 0 Å². The second-order valence-electron chi connectivity index (χ2n) is 7.43. The maximum atomic E-state index is 15.0. The van der Waals surface area contributed by atoms with Gasteiger partial charge in [-0.3, -0.25) is 4.79 Å². The fraction of sp³-hybridized carbons (Fsp3) is 0.238. The van der Waals surface area contributed by atoms with E-state index in [9.17, 15) is 18.7 Å². The number of imidazole rings is 1. The Morgan fingerprint density at radius 1 is 1.14 bits per heavy atom. The first-order chi connectivity index (χ1) is 13.9. The number of aromatic nitrogens is 3. The molecule has 0 amide bonds. The number of nitrogens with zero attached hydrogens (tertiary/aromatic N) is 3. The molecule has 1 aromatic carbocycles. The molecule has 148 valence electrons. The number of hydrogen-bond acceptors (Lipinski definition) is 4. The van der Waals surface area contributed by atoms with E-state index in [1.54, 1.807) is 42.0 Å². The van der Waals surface area contributed by atoms with Crippen molar-refractivity contribution in [1.29, 1.82) is 0 Å². The SMILES string of the molecule is Cc1cn2cc(-c3cc(F)c4c(=O)n([C@@H]5CNC[C@H]5O)ccc4c3)cc(F)c2n1. The quantitative estimate of drug-likeness (QED) is 0.546. The second kappa shape index (κ2) is 6.47. The minimum atomic E-state index is -0.708. The molecular formula is C21H18F2N4O2. The molecule has 2 N–H and O–H groups in total. The summed E-state index contributed by atoms with van der Waals surface area (Å²) in [6.45, 7) is 2.60. The summed E-state index contributed by atoms with van der Waals surface area (Å²) in [6, 6.07) is 5.42. The standard InChI is InChI=1S/C21H18F2N4O2/c1-11-9-26-10-14(6-16(23)20(26)25-11)13-4-12-2-3-27(17-7-24-8-18(17)28)21(29)19(12)15(22)5-13/h2-6,9-10,17-18,24,28H,7-8H2,1H3/t17-,18-/m1/s1. The highest BCUT2D eigenvalue weighted by atomic mass is 19.1. The van der Waals surface area contributed by atoms with Crippen LogP contribution in [0.25, 0.3) is 27.5 Å². The number of aliphatic hydroxyl groups excluding tert-OH is 1. The van der Waals surface area contributed by atoms with Crippen molar-refractivity contribution < 1.29 is 13.9 Å². The molecule has 6 nitrogen and oxygen atoms in total. The molecule has 3 aromatic heterocycles. The lowest BCUT2D eigenvalue weighted by Gasteiger charge is -2.17. The summed E-state index contributed by atoms with van der Waals surface area (Å²) in [4.78, 5) is 17.0. The average Bonchev–Trinajstić information content (AvgIpc) is 3.26. The van der Waals surface area contributed by atoms with Crippen LogP contribution in [0, 0.1) is 18.6 Å². The van der Waals surface area contributed by atoms with Crippen LogP contribution in [0.5, 0.6) is 0 Å². The van der Waals surface area contributed by atoms with Crippen LogP contribution in [0.3, 0.4) is 0 Å². The predicted molar refractivity (Wildman–Crippen MR) is 105 cm³/mol. The zero-order valence-corrected chi connectivity index (χ0v) is 15.6. The number of nitrogens with one attached hydrogen (secondary N) is 1. The van der Waals surface area contributed by atoms with Crippen LogP contribution in [0.2, 0.25) is 0 Å². The monoisotopic (exact) mass is 396 g/mol. The summed E-state index contributed by atoms with van der Waals surface area (Å²) >= 11 is 0. The third-order valence-electron chi connectivity index (χ3n) is 5.45. The number of aliphatic hydroxyl groups is 1. The van der Waals surface area contributed by atoms with Gasteiger partial charge < -0.3 is 19.4 Å². The van der Waals surface area contributed by atoms with Gasteiger partial charge in [0.05, 0.1) is 23.2 Å². The molecule has 1 aliphatic heterocycles. The molecule has 4 heterocycles. The summed E-state index contributed by atoms with van der Waals surface area (Å²) in [7, 11) is 0. The molecule has 1 saturated heterocycles. The van der Waals surface area contributed by atoms with Gasteiger partial charge >= 0.3 is 0 Å². The highest BCUT2D eigenvalue weighted by molar-refractivity contribution is 5.87. The van der Waals surface area contributed by atoms with Gasteiger partial charge in [-0.2, -0.15) is 0 Å². The van der Waals surface area contributed by atoms with Crippen molar-refractivity contribution in [3.05, 3.63) is 70.5 Å². The average molecular weight is 396 g/mol. The molecule has 0 spiro atoms. The Labute approximate surface area is 164 Å². The lowest BCUT2D eigenvalue weighted by molar-refractivity contribution is 0.149.